The van der Waals surface area contributed by atoms with Gasteiger partial charge in [-0.15, -0.1) is 5.10 Å². The largest absolute Gasteiger partial charge is 0.342 e. The zero-order chi connectivity index (χ0) is 18.5. The second-order valence-electron chi connectivity index (χ2n) is 6.57. The van der Waals surface area contributed by atoms with Gasteiger partial charge < -0.3 is 10.2 Å². The summed E-state index contributed by atoms with van der Waals surface area (Å²) in [5, 5.41) is 11.7. The Morgan fingerprint density at radius 2 is 1.73 bits per heavy atom. The predicted octanol–water partition coefficient (Wildman–Crippen LogP) is 3.61. The van der Waals surface area contributed by atoms with Gasteiger partial charge >= 0.3 is 0 Å². The Balaban J connectivity index is 1.72. The maximum absolute atomic E-state index is 4.61. The first-order chi connectivity index (χ1) is 12.5. The van der Waals surface area contributed by atoms with Crippen molar-refractivity contribution in [2.24, 2.45) is 0 Å². The molecule has 0 aliphatic carbocycles. The molecule has 0 saturated carbocycles. The molecule has 0 saturated heterocycles. The van der Waals surface area contributed by atoms with E-state index < -0.39 is 0 Å². The quantitative estimate of drug-likeness (QED) is 0.734. The summed E-state index contributed by atoms with van der Waals surface area (Å²) in [4.78, 5) is 10.7. The van der Waals surface area contributed by atoms with Crippen LogP contribution in [0.1, 0.15) is 22.3 Å². The zero-order valence-corrected chi connectivity index (χ0v) is 15.7. The number of anilines is 3. The van der Waals surface area contributed by atoms with Crippen molar-refractivity contribution in [3.63, 3.8) is 0 Å². The normalized spacial score (nSPS) is 10.6. The van der Waals surface area contributed by atoms with Gasteiger partial charge in [0.15, 0.2) is 5.82 Å². The van der Waals surface area contributed by atoms with E-state index in [0.717, 1.165) is 18.7 Å². The molecule has 0 aliphatic heterocycles. The van der Waals surface area contributed by atoms with E-state index in [1.165, 1.54) is 22.3 Å². The Kier molecular flexibility index (Phi) is 5.41. The maximum atomic E-state index is 4.61. The summed E-state index contributed by atoms with van der Waals surface area (Å²) in [7, 11) is 1.98. The van der Waals surface area contributed by atoms with Gasteiger partial charge in [-0.05, 0) is 56.0 Å². The van der Waals surface area contributed by atoms with Crippen LogP contribution in [0.5, 0.6) is 0 Å². The van der Waals surface area contributed by atoms with E-state index in [-0.39, 0.29) is 0 Å². The molecule has 0 spiro atoms. The second-order valence-corrected chi connectivity index (χ2v) is 6.57. The molecular formula is C20H24N6. The summed E-state index contributed by atoms with van der Waals surface area (Å²) < 4.78 is 0. The number of nitrogens with one attached hydrogen (secondary N) is 1. The van der Waals surface area contributed by atoms with E-state index in [0.29, 0.717) is 11.8 Å². The lowest BCUT2D eigenvalue weighted by Crippen LogP contribution is -2.23. The minimum Gasteiger partial charge on any atom is -0.342 e. The topological polar surface area (TPSA) is 66.8 Å². The second kappa shape index (κ2) is 7.91. The molecule has 1 N–H and O–H groups in total. The predicted molar refractivity (Wildman–Crippen MR) is 105 cm³/mol. The fourth-order valence-electron chi connectivity index (χ4n) is 2.97. The standard InChI is InChI=1S/C20H24N6/c1-14-11-15(2)19(16(3)12-14)23-18-13-22-25-20(24-18)26(4)10-7-17-5-8-21-9-6-17/h5-6,8-9,11-13H,7,10H2,1-4H3,(H,23,24,25). The van der Waals surface area contributed by atoms with Crippen molar-refractivity contribution >= 4 is 17.5 Å². The molecular weight excluding hydrogens is 324 g/mol. The smallest absolute Gasteiger partial charge is 0.247 e. The minimum atomic E-state index is 0.603. The van der Waals surface area contributed by atoms with Crippen LogP contribution in [-0.2, 0) is 6.42 Å². The van der Waals surface area contributed by atoms with Crippen molar-refractivity contribution < 1.29 is 0 Å². The van der Waals surface area contributed by atoms with Crippen LogP contribution in [0.25, 0.3) is 0 Å². The lowest BCUT2D eigenvalue weighted by atomic mass is 10.1. The van der Waals surface area contributed by atoms with Gasteiger partial charge in [0, 0.05) is 31.7 Å². The van der Waals surface area contributed by atoms with Gasteiger partial charge in [-0.2, -0.15) is 10.1 Å². The number of hydrogen-bond acceptors (Lipinski definition) is 6. The molecule has 0 unspecified atom stereocenters. The number of nitrogens with zero attached hydrogens (tertiary/aromatic N) is 5. The van der Waals surface area contributed by atoms with Crippen LogP contribution in [-0.4, -0.2) is 33.8 Å². The molecule has 2 heterocycles. The molecule has 6 heteroatoms. The first kappa shape index (κ1) is 17.8. The van der Waals surface area contributed by atoms with Crippen molar-refractivity contribution in [3.8, 4) is 0 Å². The molecule has 0 bridgehead atoms. The van der Waals surface area contributed by atoms with Crippen LogP contribution in [0, 0.1) is 20.8 Å². The summed E-state index contributed by atoms with van der Waals surface area (Å²) in [6.07, 6.45) is 6.17. The van der Waals surface area contributed by atoms with Crippen molar-refractivity contribution in [1.82, 2.24) is 20.2 Å². The first-order valence-electron chi connectivity index (χ1n) is 8.67. The number of rotatable bonds is 6. The van der Waals surface area contributed by atoms with Crippen LogP contribution < -0.4 is 10.2 Å². The van der Waals surface area contributed by atoms with Gasteiger partial charge in [0.25, 0.3) is 0 Å². The summed E-state index contributed by atoms with van der Waals surface area (Å²) in [6, 6.07) is 8.36. The van der Waals surface area contributed by atoms with Gasteiger partial charge in [0.2, 0.25) is 5.95 Å². The molecule has 0 aliphatic rings. The molecule has 3 aromatic rings. The number of pyridine rings is 1. The molecule has 0 amide bonds. The third kappa shape index (κ3) is 4.33. The molecule has 2 aromatic heterocycles. The fourth-order valence-corrected chi connectivity index (χ4v) is 2.97. The monoisotopic (exact) mass is 348 g/mol. The summed E-state index contributed by atoms with van der Waals surface area (Å²) in [5.74, 6) is 1.30. The van der Waals surface area contributed by atoms with E-state index in [1.54, 1.807) is 6.20 Å². The Morgan fingerprint density at radius 1 is 1.04 bits per heavy atom. The average Bonchev–Trinajstić information content (AvgIpc) is 2.64. The Labute approximate surface area is 154 Å². The Morgan fingerprint density at radius 3 is 2.42 bits per heavy atom. The molecule has 26 heavy (non-hydrogen) atoms. The summed E-state index contributed by atoms with van der Waals surface area (Å²) in [6.45, 7) is 7.10. The average molecular weight is 348 g/mol. The van der Waals surface area contributed by atoms with Crippen LogP contribution in [0.15, 0.2) is 42.9 Å². The van der Waals surface area contributed by atoms with Crippen molar-refractivity contribution in [1.29, 1.82) is 0 Å². The number of aromatic nitrogens is 4. The highest BCUT2D eigenvalue weighted by Gasteiger charge is 2.09. The highest BCUT2D eigenvalue weighted by Crippen LogP contribution is 2.25. The number of benzene rings is 1. The summed E-state index contributed by atoms with van der Waals surface area (Å²) in [5.41, 5.74) is 5.94. The molecule has 3 rings (SSSR count). The number of likely N-dealkylation sites (N-methyl/N-ethyl adjacent to an activating group) is 1. The SMILES string of the molecule is Cc1cc(C)c(Nc2cnnc(N(C)CCc3ccncc3)n2)c(C)c1. The minimum absolute atomic E-state index is 0.603. The van der Waals surface area contributed by atoms with Gasteiger partial charge in [0.1, 0.15) is 0 Å². The summed E-state index contributed by atoms with van der Waals surface area (Å²) >= 11 is 0. The van der Waals surface area contributed by atoms with E-state index in [4.69, 9.17) is 0 Å². The van der Waals surface area contributed by atoms with Gasteiger partial charge in [-0.3, -0.25) is 4.98 Å². The Bertz CT molecular complexity index is 855. The lowest BCUT2D eigenvalue weighted by molar-refractivity contribution is 0.812. The fraction of sp³-hybridized carbons (Fsp3) is 0.300. The van der Waals surface area contributed by atoms with Gasteiger partial charge in [-0.25, -0.2) is 0 Å². The van der Waals surface area contributed by atoms with E-state index in [1.807, 2.05) is 36.5 Å². The van der Waals surface area contributed by atoms with Crippen LogP contribution in [0.3, 0.4) is 0 Å². The molecule has 0 fully saturated rings. The first-order valence-corrected chi connectivity index (χ1v) is 8.67. The Hall–Kier alpha value is -3.02. The van der Waals surface area contributed by atoms with Crippen LogP contribution in [0.4, 0.5) is 17.5 Å². The molecule has 1 aromatic carbocycles. The molecule has 0 radical (unpaired) electrons. The lowest BCUT2D eigenvalue weighted by Gasteiger charge is -2.18. The van der Waals surface area contributed by atoms with Gasteiger partial charge in [0.05, 0.1) is 6.20 Å². The van der Waals surface area contributed by atoms with Crippen LogP contribution >= 0.6 is 0 Å². The number of aryl methyl sites for hydroxylation is 3. The highest BCUT2D eigenvalue weighted by molar-refractivity contribution is 5.65. The molecule has 134 valence electrons. The van der Waals surface area contributed by atoms with E-state index in [9.17, 15) is 0 Å². The van der Waals surface area contributed by atoms with Gasteiger partial charge in [-0.1, -0.05) is 17.7 Å². The number of hydrogen-bond donors (Lipinski definition) is 1. The van der Waals surface area contributed by atoms with Crippen molar-refractivity contribution in [3.05, 3.63) is 65.1 Å². The van der Waals surface area contributed by atoms with E-state index in [2.05, 4.69) is 58.4 Å². The van der Waals surface area contributed by atoms with E-state index >= 15 is 0 Å². The molecule has 0 atom stereocenters. The van der Waals surface area contributed by atoms with Crippen molar-refractivity contribution in [2.75, 3.05) is 23.8 Å². The maximum Gasteiger partial charge on any atom is 0.247 e. The third-order valence-corrected chi connectivity index (χ3v) is 4.30. The zero-order valence-electron chi connectivity index (χ0n) is 15.7. The van der Waals surface area contributed by atoms with Crippen LogP contribution in [0.2, 0.25) is 0 Å². The highest BCUT2D eigenvalue weighted by atomic mass is 15.3. The van der Waals surface area contributed by atoms with Crippen molar-refractivity contribution in [2.45, 2.75) is 27.2 Å². The third-order valence-electron chi connectivity index (χ3n) is 4.30. The molecule has 6 nitrogen and oxygen atoms in total.